The minimum absolute atomic E-state index is 0.0465. The van der Waals surface area contributed by atoms with Gasteiger partial charge in [0, 0.05) is 29.5 Å². The van der Waals surface area contributed by atoms with Crippen LogP contribution in [-0.4, -0.2) is 33.9 Å². The molecule has 0 bridgehead atoms. The Morgan fingerprint density at radius 1 is 1.41 bits per heavy atom. The highest BCUT2D eigenvalue weighted by Gasteiger charge is 2.26. The summed E-state index contributed by atoms with van der Waals surface area (Å²) in [7, 11) is 0. The highest BCUT2D eigenvalue weighted by atomic mass is 32.1. The van der Waals surface area contributed by atoms with Gasteiger partial charge < -0.3 is 10.4 Å². The topological polar surface area (TPSA) is 78.0 Å². The molecule has 0 unspecified atom stereocenters. The number of thiophene rings is 1. The molecular weight excluding hydrogens is 298 g/mol. The van der Waals surface area contributed by atoms with Crippen LogP contribution in [0.5, 0.6) is 0 Å². The first-order valence-electron chi connectivity index (χ1n) is 7.77. The Hall–Kier alpha value is -1.66. The number of nitrogens with one attached hydrogen (secondary N) is 2. The fourth-order valence-electron chi connectivity index (χ4n) is 3.12. The average Bonchev–Trinajstić information content (AvgIpc) is 3.16. The molecular formula is C16H21N3O2S. The van der Waals surface area contributed by atoms with Gasteiger partial charge in [0.2, 0.25) is 0 Å². The Balaban J connectivity index is 1.75. The number of aromatic nitrogens is 2. The second-order valence-corrected chi connectivity index (χ2v) is 6.61. The van der Waals surface area contributed by atoms with Crippen molar-refractivity contribution in [1.82, 2.24) is 15.5 Å². The van der Waals surface area contributed by atoms with Gasteiger partial charge in [-0.05, 0) is 24.3 Å². The molecule has 2 heterocycles. The van der Waals surface area contributed by atoms with E-state index in [4.69, 9.17) is 0 Å². The third-order valence-corrected chi connectivity index (χ3v) is 5.09. The zero-order chi connectivity index (χ0) is 15.4. The van der Waals surface area contributed by atoms with Crippen LogP contribution in [0.2, 0.25) is 0 Å². The van der Waals surface area contributed by atoms with Crippen LogP contribution in [0.3, 0.4) is 0 Å². The summed E-state index contributed by atoms with van der Waals surface area (Å²) in [5, 5.41) is 23.6. The molecule has 118 valence electrons. The SMILES string of the molecule is O=C(N[C@@H]1CCCCC[C@H]1CO)c1cn[nH]c1-c1ccsc1. The predicted octanol–water partition coefficient (Wildman–Crippen LogP) is 2.81. The van der Waals surface area contributed by atoms with E-state index in [1.807, 2.05) is 16.8 Å². The molecule has 0 radical (unpaired) electrons. The number of H-pyrrole nitrogens is 1. The zero-order valence-electron chi connectivity index (χ0n) is 12.4. The lowest BCUT2D eigenvalue weighted by Gasteiger charge is -2.24. The lowest BCUT2D eigenvalue weighted by Crippen LogP contribution is -2.41. The van der Waals surface area contributed by atoms with Gasteiger partial charge in [-0.2, -0.15) is 16.4 Å². The Morgan fingerprint density at radius 2 is 2.27 bits per heavy atom. The molecule has 0 aromatic carbocycles. The highest BCUT2D eigenvalue weighted by Crippen LogP contribution is 2.26. The zero-order valence-corrected chi connectivity index (χ0v) is 13.2. The van der Waals surface area contributed by atoms with Crippen LogP contribution in [0.4, 0.5) is 0 Å². The van der Waals surface area contributed by atoms with E-state index in [1.165, 1.54) is 6.42 Å². The molecule has 22 heavy (non-hydrogen) atoms. The van der Waals surface area contributed by atoms with Gasteiger partial charge in [-0.15, -0.1) is 0 Å². The van der Waals surface area contributed by atoms with Crippen LogP contribution in [0.1, 0.15) is 42.5 Å². The van der Waals surface area contributed by atoms with E-state index in [0.717, 1.165) is 36.9 Å². The minimum atomic E-state index is -0.111. The lowest BCUT2D eigenvalue weighted by atomic mass is 9.95. The number of aliphatic hydroxyl groups excluding tert-OH is 1. The van der Waals surface area contributed by atoms with Gasteiger partial charge in [-0.1, -0.05) is 19.3 Å². The number of carbonyl (C=O) groups excluding carboxylic acids is 1. The predicted molar refractivity (Wildman–Crippen MR) is 86.8 cm³/mol. The lowest BCUT2D eigenvalue weighted by molar-refractivity contribution is 0.0900. The van der Waals surface area contributed by atoms with Crippen molar-refractivity contribution in [2.75, 3.05) is 6.61 Å². The number of rotatable bonds is 4. The van der Waals surface area contributed by atoms with Gasteiger partial charge in [-0.3, -0.25) is 9.89 Å². The van der Waals surface area contributed by atoms with E-state index in [1.54, 1.807) is 17.5 Å². The Kier molecular flexibility index (Phi) is 4.90. The van der Waals surface area contributed by atoms with Crippen LogP contribution >= 0.6 is 11.3 Å². The Bertz CT molecular complexity index is 609. The van der Waals surface area contributed by atoms with Crippen molar-refractivity contribution < 1.29 is 9.90 Å². The fourth-order valence-corrected chi connectivity index (χ4v) is 3.77. The number of aliphatic hydroxyl groups is 1. The maximum Gasteiger partial charge on any atom is 0.255 e. The number of aromatic amines is 1. The first kappa shape index (κ1) is 15.2. The number of carbonyl (C=O) groups is 1. The Labute approximate surface area is 133 Å². The van der Waals surface area contributed by atoms with E-state index < -0.39 is 0 Å². The highest BCUT2D eigenvalue weighted by molar-refractivity contribution is 7.08. The molecule has 2 atom stereocenters. The molecule has 2 aromatic heterocycles. The third-order valence-electron chi connectivity index (χ3n) is 4.40. The standard InChI is InChI=1S/C16H21N3O2S/c20-9-11-4-2-1-3-5-14(11)18-16(21)13-8-17-19-15(13)12-6-7-22-10-12/h6-8,10-11,14,20H,1-5,9H2,(H,17,19)(H,18,21)/t11-,14+/m0/s1. The maximum atomic E-state index is 12.6. The number of hydrogen-bond acceptors (Lipinski definition) is 4. The first-order chi connectivity index (χ1) is 10.8. The molecule has 2 aromatic rings. The van der Waals surface area contributed by atoms with Crippen LogP contribution in [0.25, 0.3) is 11.3 Å². The van der Waals surface area contributed by atoms with Crippen LogP contribution < -0.4 is 5.32 Å². The van der Waals surface area contributed by atoms with E-state index in [-0.39, 0.29) is 24.5 Å². The average molecular weight is 319 g/mol. The summed E-state index contributed by atoms with van der Waals surface area (Å²) in [5.41, 5.74) is 2.31. The number of hydrogen-bond donors (Lipinski definition) is 3. The first-order valence-corrected chi connectivity index (χ1v) is 8.71. The van der Waals surface area contributed by atoms with Crippen LogP contribution in [0.15, 0.2) is 23.0 Å². The monoisotopic (exact) mass is 319 g/mol. The molecule has 6 heteroatoms. The van der Waals surface area contributed by atoms with Crippen molar-refractivity contribution in [3.8, 4) is 11.3 Å². The Morgan fingerprint density at radius 3 is 3.05 bits per heavy atom. The molecule has 3 N–H and O–H groups in total. The van der Waals surface area contributed by atoms with Gasteiger partial charge in [0.25, 0.3) is 5.91 Å². The molecule has 5 nitrogen and oxygen atoms in total. The summed E-state index contributed by atoms with van der Waals surface area (Å²) in [6.07, 6.45) is 6.89. The number of nitrogens with zero attached hydrogens (tertiary/aromatic N) is 1. The molecule has 0 saturated heterocycles. The quantitative estimate of drug-likeness (QED) is 0.758. The van der Waals surface area contributed by atoms with Crippen molar-refractivity contribution in [3.05, 3.63) is 28.6 Å². The summed E-state index contributed by atoms with van der Waals surface area (Å²) >= 11 is 1.59. The molecule has 1 aliphatic carbocycles. The molecule has 0 aliphatic heterocycles. The molecule has 3 rings (SSSR count). The van der Waals surface area contributed by atoms with Crippen LogP contribution in [-0.2, 0) is 0 Å². The molecule has 0 spiro atoms. The van der Waals surface area contributed by atoms with E-state index in [2.05, 4.69) is 15.5 Å². The van der Waals surface area contributed by atoms with Crippen molar-refractivity contribution in [2.45, 2.75) is 38.1 Å². The normalized spacial score (nSPS) is 22.2. The largest absolute Gasteiger partial charge is 0.396 e. The third kappa shape index (κ3) is 3.23. The van der Waals surface area contributed by atoms with E-state index >= 15 is 0 Å². The van der Waals surface area contributed by atoms with Crippen molar-refractivity contribution in [2.24, 2.45) is 5.92 Å². The summed E-state index contributed by atoms with van der Waals surface area (Å²) in [5.74, 6) is 0.0447. The van der Waals surface area contributed by atoms with E-state index in [0.29, 0.717) is 5.56 Å². The second-order valence-electron chi connectivity index (χ2n) is 5.83. The van der Waals surface area contributed by atoms with Crippen molar-refractivity contribution >= 4 is 17.2 Å². The fraction of sp³-hybridized carbons (Fsp3) is 0.500. The summed E-state index contributed by atoms with van der Waals surface area (Å²) in [6.45, 7) is 0.133. The van der Waals surface area contributed by atoms with Crippen molar-refractivity contribution in [1.29, 1.82) is 0 Å². The van der Waals surface area contributed by atoms with Gasteiger partial charge >= 0.3 is 0 Å². The molecule has 1 saturated carbocycles. The van der Waals surface area contributed by atoms with Gasteiger partial charge in [0.05, 0.1) is 17.5 Å². The molecule has 1 fully saturated rings. The van der Waals surface area contributed by atoms with Gasteiger partial charge in [0.15, 0.2) is 0 Å². The van der Waals surface area contributed by atoms with Crippen molar-refractivity contribution in [3.63, 3.8) is 0 Å². The van der Waals surface area contributed by atoms with Gasteiger partial charge in [-0.25, -0.2) is 0 Å². The smallest absolute Gasteiger partial charge is 0.255 e. The number of amides is 1. The minimum Gasteiger partial charge on any atom is -0.396 e. The summed E-state index contributed by atoms with van der Waals surface area (Å²) in [4.78, 5) is 12.6. The molecule has 1 aliphatic rings. The van der Waals surface area contributed by atoms with E-state index in [9.17, 15) is 9.90 Å². The maximum absolute atomic E-state index is 12.6. The summed E-state index contributed by atoms with van der Waals surface area (Å²) in [6, 6.07) is 2.02. The van der Waals surface area contributed by atoms with Gasteiger partial charge in [0.1, 0.15) is 0 Å². The second kappa shape index (κ2) is 7.07. The summed E-state index contributed by atoms with van der Waals surface area (Å²) < 4.78 is 0. The van der Waals surface area contributed by atoms with Crippen LogP contribution in [0, 0.1) is 5.92 Å². The molecule has 1 amide bonds.